The highest BCUT2D eigenvalue weighted by Gasteiger charge is 2.39. The summed E-state index contributed by atoms with van der Waals surface area (Å²) in [6.45, 7) is 2.14. The normalized spacial score (nSPS) is 17.2. The number of nitrogens with zero attached hydrogens (tertiary/aromatic N) is 5. The number of hydrogen-bond donors (Lipinski definition) is 1. The van der Waals surface area contributed by atoms with E-state index in [0.717, 1.165) is 37.1 Å². The summed E-state index contributed by atoms with van der Waals surface area (Å²) in [5.74, 6) is 1.06. The van der Waals surface area contributed by atoms with Gasteiger partial charge in [-0.1, -0.05) is 0 Å². The van der Waals surface area contributed by atoms with Crippen molar-refractivity contribution in [2.24, 2.45) is 0 Å². The zero-order valence-electron chi connectivity index (χ0n) is 22.7. The summed E-state index contributed by atoms with van der Waals surface area (Å²) < 4.78 is 84.6. The number of hydrogen-bond acceptors (Lipinski definition) is 8. The Balaban J connectivity index is 1.12. The van der Waals surface area contributed by atoms with Crippen molar-refractivity contribution in [1.29, 1.82) is 0 Å². The molecule has 2 aromatic carbocycles. The lowest BCUT2D eigenvalue weighted by molar-refractivity contribution is -0.388. The van der Waals surface area contributed by atoms with Gasteiger partial charge in [-0.3, -0.25) is 10.1 Å². The standard InChI is InChI=1S/C28H28F6N6O3/c29-27(30,31)18-1-3-19(4-2-18)37-20-7-11-39(12-8-20)25-16-26(36-17-35-25)43-22-9-13-38(14-10-22)21-5-6-24(40(41)42)23(15-21)28(32,33)34/h1-6,15-17,20,22,37H,7-14H2. The fourth-order valence-corrected chi connectivity index (χ4v) is 5.32. The molecule has 0 atom stereocenters. The largest absolute Gasteiger partial charge is 0.474 e. The van der Waals surface area contributed by atoms with Crippen molar-refractivity contribution in [2.75, 3.05) is 41.3 Å². The minimum absolute atomic E-state index is 0.0960. The van der Waals surface area contributed by atoms with Crippen LogP contribution in [-0.2, 0) is 12.4 Å². The molecule has 2 aliphatic rings. The van der Waals surface area contributed by atoms with Gasteiger partial charge >= 0.3 is 12.4 Å². The Morgan fingerprint density at radius 1 is 0.837 bits per heavy atom. The van der Waals surface area contributed by atoms with Gasteiger partial charge in [0, 0.05) is 68.6 Å². The van der Waals surface area contributed by atoms with Gasteiger partial charge in [0.05, 0.1) is 10.5 Å². The number of aromatic nitrogens is 2. The van der Waals surface area contributed by atoms with Crippen molar-refractivity contribution in [3.05, 3.63) is 76.1 Å². The molecule has 1 aromatic heterocycles. The number of anilines is 3. The van der Waals surface area contributed by atoms with Crippen LogP contribution in [0.5, 0.6) is 5.88 Å². The van der Waals surface area contributed by atoms with Gasteiger partial charge in [0.25, 0.3) is 5.69 Å². The van der Waals surface area contributed by atoms with E-state index >= 15 is 0 Å². The average molecular weight is 611 g/mol. The Kier molecular flexibility index (Phi) is 8.51. The summed E-state index contributed by atoms with van der Waals surface area (Å²) in [5.41, 5.74) is -2.05. The van der Waals surface area contributed by atoms with Gasteiger partial charge in [0.15, 0.2) is 0 Å². The molecule has 0 unspecified atom stereocenters. The minimum Gasteiger partial charge on any atom is -0.474 e. The summed E-state index contributed by atoms with van der Waals surface area (Å²) >= 11 is 0. The van der Waals surface area contributed by atoms with Gasteiger partial charge in [0.2, 0.25) is 5.88 Å². The second-order valence-corrected chi connectivity index (χ2v) is 10.5. The fourth-order valence-electron chi connectivity index (χ4n) is 5.32. The fraction of sp³-hybridized carbons (Fsp3) is 0.429. The summed E-state index contributed by atoms with van der Waals surface area (Å²) in [4.78, 5) is 22.4. The van der Waals surface area contributed by atoms with E-state index in [1.807, 2.05) is 0 Å². The molecule has 2 fully saturated rings. The Labute approximate surface area is 242 Å². The molecule has 5 rings (SSSR count). The number of nitro benzene ring substituents is 1. The number of nitrogens with one attached hydrogen (secondary N) is 1. The monoisotopic (exact) mass is 610 g/mol. The molecule has 15 heteroatoms. The summed E-state index contributed by atoms with van der Waals surface area (Å²) in [6, 6.07) is 9.84. The lowest BCUT2D eigenvalue weighted by atomic mass is 10.0. The van der Waals surface area contributed by atoms with Gasteiger partial charge in [-0.15, -0.1) is 0 Å². The first-order valence-corrected chi connectivity index (χ1v) is 13.6. The molecule has 0 aliphatic carbocycles. The highest BCUT2D eigenvalue weighted by molar-refractivity contribution is 5.57. The van der Waals surface area contributed by atoms with E-state index in [0.29, 0.717) is 56.4 Å². The SMILES string of the molecule is O=[N+]([O-])c1ccc(N2CCC(Oc3cc(N4CCC(Nc5ccc(C(F)(F)F)cc5)CC4)ncn3)CC2)cc1C(F)(F)F. The quantitative estimate of drug-likeness (QED) is 0.183. The van der Waals surface area contributed by atoms with Gasteiger partial charge in [0.1, 0.15) is 23.8 Å². The summed E-state index contributed by atoms with van der Waals surface area (Å²) in [6.07, 6.45) is -5.52. The van der Waals surface area contributed by atoms with Crippen molar-refractivity contribution < 1.29 is 36.0 Å². The maximum atomic E-state index is 13.4. The lowest BCUT2D eigenvalue weighted by Gasteiger charge is -2.34. The number of ether oxygens (including phenoxy) is 1. The Morgan fingerprint density at radius 3 is 2.09 bits per heavy atom. The van der Waals surface area contributed by atoms with E-state index < -0.39 is 34.1 Å². The molecular weight excluding hydrogens is 582 g/mol. The van der Waals surface area contributed by atoms with Gasteiger partial charge in [-0.05, 0) is 49.2 Å². The smallest absolute Gasteiger partial charge is 0.423 e. The molecule has 3 aromatic rings. The van der Waals surface area contributed by atoms with Crippen LogP contribution < -0.4 is 19.9 Å². The summed E-state index contributed by atoms with van der Waals surface area (Å²) in [7, 11) is 0. The van der Waals surface area contributed by atoms with Crippen molar-refractivity contribution in [3.8, 4) is 5.88 Å². The van der Waals surface area contributed by atoms with Crippen LogP contribution in [0.3, 0.4) is 0 Å². The molecular formula is C28H28F6N6O3. The molecule has 0 bridgehead atoms. The maximum absolute atomic E-state index is 13.4. The molecule has 3 heterocycles. The van der Waals surface area contributed by atoms with Crippen LogP contribution in [0.2, 0.25) is 0 Å². The third-order valence-corrected chi connectivity index (χ3v) is 7.61. The third-order valence-electron chi connectivity index (χ3n) is 7.61. The minimum atomic E-state index is -4.84. The number of rotatable bonds is 7. The molecule has 230 valence electrons. The Hall–Kier alpha value is -4.30. The number of alkyl halides is 6. The average Bonchev–Trinajstić information content (AvgIpc) is 2.97. The van der Waals surface area contributed by atoms with Gasteiger partial charge < -0.3 is 19.9 Å². The zero-order valence-corrected chi connectivity index (χ0v) is 22.7. The lowest BCUT2D eigenvalue weighted by Crippen LogP contribution is -2.40. The predicted molar refractivity (Wildman–Crippen MR) is 146 cm³/mol. The highest BCUT2D eigenvalue weighted by atomic mass is 19.4. The van der Waals surface area contributed by atoms with Crippen LogP contribution >= 0.6 is 0 Å². The molecule has 9 nitrogen and oxygen atoms in total. The molecule has 43 heavy (non-hydrogen) atoms. The van der Waals surface area contributed by atoms with E-state index in [4.69, 9.17) is 4.74 Å². The highest BCUT2D eigenvalue weighted by Crippen LogP contribution is 2.39. The van der Waals surface area contributed by atoms with E-state index in [1.54, 1.807) is 11.0 Å². The van der Waals surface area contributed by atoms with E-state index in [9.17, 15) is 36.5 Å². The number of halogens is 6. The second kappa shape index (κ2) is 12.1. The number of nitro groups is 1. The van der Waals surface area contributed by atoms with Crippen molar-refractivity contribution in [1.82, 2.24) is 9.97 Å². The maximum Gasteiger partial charge on any atom is 0.423 e. The number of benzene rings is 2. The van der Waals surface area contributed by atoms with E-state index in [-0.39, 0.29) is 17.8 Å². The predicted octanol–water partition coefficient (Wildman–Crippen LogP) is 6.55. The van der Waals surface area contributed by atoms with E-state index in [1.165, 1.54) is 24.5 Å². The van der Waals surface area contributed by atoms with Gasteiger partial charge in [-0.2, -0.15) is 26.3 Å². The van der Waals surface area contributed by atoms with Crippen molar-refractivity contribution in [2.45, 2.75) is 50.2 Å². The van der Waals surface area contributed by atoms with Crippen LogP contribution in [-0.4, -0.2) is 53.2 Å². The molecule has 2 aliphatic heterocycles. The van der Waals surface area contributed by atoms with Crippen LogP contribution in [0.15, 0.2) is 54.9 Å². The van der Waals surface area contributed by atoms with E-state index in [2.05, 4.69) is 20.2 Å². The Bertz CT molecular complexity index is 1420. The van der Waals surface area contributed by atoms with Crippen molar-refractivity contribution in [3.63, 3.8) is 0 Å². The van der Waals surface area contributed by atoms with Crippen LogP contribution in [0.25, 0.3) is 0 Å². The molecule has 2 saturated heterocycles. The van der Waals surface area contributed by atoms with Crippen molar-refractivity contribution >= 4 is 22.9 Å². The molecule has 1 N–H and O–H groups in total. The summed E-state index contributed by atoms with van der Waals surface area (Å²) in [5, 5.41) is 14.3. The zero-order chi connectivity index (χ0) is 30.8. The third kappa shape index (κ3) is 7.38. The molecule has 0 saturated carbocycles. The van der Waals surface area contributed by atoms with Gasteiger partial charge in [-0.25, -0.2) is 9.97 Å². The van der Waals surface area contributed by atoms with Crippen LogP contribution in [0, 0.1) is 10.1 Å². The van der Waals surface area contributed by atoms with Crippen LogP contribution in [0.1, 0.15) is 36.8 Å². The molecule has 0 radical (unpaired) electrons. The Morgan fingerprint density at radius 2 is 1.49 bits per heavy atom. The topological polar surface area (TPSA) is 96.7 Å². The molecule has 0 amide bonds. The first-order chi connectivity index (χ1) is 20.4. The second-order valence-electron chi connectivity index (χ2n) is 10.5. The molecule has 0 spiro atoms. The first kappa shape index (κ1) is 30.2. The first-order valence-electron chi connectivity index (χ1n) is 13.6. The number of piperidine rings is 2. The van der Waals surface area contributed by atoms with Crippen LogP contribution in [0.4, 0.5) is 49.2 Å².